The average molecular weight is 368 g/mol. The van der Waals surface area contributed by atoms with Crippen molar-refractivity contribution in [1.29, 1.82) is 0 Å². The lowest BCUT2D eigenvalue weighted by Gasteiger charge is -2.12. The second kappa shape index (κ2) is 9.28. The van der Waals surface area contributed by atoms with E-state index < -0.39 is 23.4 Å². The van der Waals surface area contributed by atoms with Crippen molar-refractivity contribution in [2.24, 2.45) is 0 Å². The summed E-state index contributed by atoms with van der Waals surface area (Å²) in [5.74, 6) is -1.10. The molecule has 0 fully saturated rings. The molecule has 2 aromatic rings. The molecule has 1 N–H and O–H groups in total. The molecule has 0 spiro atoms. The predicted octanol–water partition coefficient (Wildman–Crippen LogP) is 3.66. The third-order valence-electron chi connectivity index (χ3n) is 3.87. The Bertz CT molecular complexity index is 872. The zero-order valence-corrected chi connectivity index (χ0v) is 15.1. The van der Waals surface area contributed by atoms with E-state index >= 15 is 0 Å². The van der Waals surface area contributed by atoms with Crippen LogP contribution in [0.25, 0.3) is 6.08 Å². The fourth-order valence-corrected chi connectivity index (χ4v) is 2.43. The largest absolute Gasteiger partial charge is 0.452 e. The van der Waals surface area contributed by atoms with Crippen LogP contribution in [0.2, 0.25) is 0 Å². The highest BCUT2D eigenvalue weighted by Gasteiger charge is 2.10. The number of para-hydroxylation sites is 1. The molecule has 0 aliphatic carbocycles. The Morgan fingerprint density at radius 3 is 2.52 bits per heavy atom. The molecular weight excluding hydrogens is 348 g/mol. The van der Waals surface area contributed by atoms with Crippen molar-refractivity contribution in [2.75, 3.05) is 11.9 Å². The first-order valence-electron chi connectivity index (χ1n) is 8.38. The van der Waals surface area contributed by atoms with Crippen LogP contribution in [-0.2, 0) is 20.7 Å². The predicted molar refractivity (Wildman–Crippen MR) is 102 cm³/mol. The molecule has 0 saturated heterocycles. The molecule has 27 heavy (non-hydrogen) atoms. The van der Waals surface area contributed by atoms with Gasteiger partial charge in [0.1, 0.15) is 0 Å². The van der Waals surface area contributed by atoms with Gasteiger partial charge < -0.3 is 10.1 Å². The molecule has 0 atom stereocenters. The van der Waals surface area contributed by atoms with Crippen LogP contribution in [0.1, 0.15) is 23.6 Å². The molecule has 0 aliphatic heterocycles. The summed E-state index contributed by atoms with van der Waals surface area (Å²) < 4.78 is 4.93. The monoisotopic (exact) mass is 368 g/mol. The Labute approximate surface area is 156 Å². The van der Waals surface area contributed by atoms with Gasteiger partial charge in [0.25, 0.3) is 11.6 Å². The fraction of sp³-hybridized carbons (Fsp3) is 0.200. The van der Waals surface area contributed by atoms with E-state index in [4.69, 9.17) is 4.74 Å². The van der Waals surface area contributed by atoms with Crippen molar-refractivity contribution in [2.45, 2.75) is 20.3 Å². The number of rotatable bonds is 7. The highest BCUT2D eigenvalue weighted by Crippen LogP contribution is 2.20. The van der Waals surface area contributed by atoms with Crippen molar-refractivity contribution in [3.63, 3.8) is 0 Å². The van der Waals surface area contributed by atoms with Crippen molar-refractivity contribution >= 4 is 29.3 Å². The zero-order chi connectivity index (χ0) is 19.8. The Balaban J connectivity index is 1.88. The van der Waals surface area contributed by atoms with Gasteiger partial charge in [0, 0.05) is 23.9 Å². The third-order valence-corrected chi connectivity index (χ3v) is 3.87. The van der Waals surface area contributed by atoms with Gasteiger partial charge in [0.15, 0.2) is 6.61 Å². The van der Waals surface area contributed by atoms with Gasteiger partial charge in [0.05, 0.1) is 4.92 Å². The van der Waals surface area contributed by atoms with E-state index in [1.807, 2.05) is 32.0 Å². The minimum atomic E-state index is -0.677. The number of non-ortho nitro benzene ring substituents is 1. The lowest BCUT2D eigenvalue weighted by Crippen LogP contribution is -2.21. The van der Waals surface area contributed by atoms with Crippen LogP contribution in [0, 0.1) is 17.0 Å². The second-order valence-electron chi connectivity index (χ2n) is 5.80. The molecule has 0 radical (unpaired) electrons. The minimum Gasteiger partial charge on any atom is -0.452 e. The molecule has 1 amide bonds. The van der Waals surface area contributed by atoms with Gasteiger partial charge in [-0.3, -0.25) is 14.9 Å². The highest BCUT2D eigenvalue weighted by atomic mass is 16.6. The Kier molecular flexibility index (Phi) is 6.82. The number of nitro benzene ring substituents is 1. The number of nitro groups is 1. The Morgan fingerprint density at radius 2 is 1.89 bits per heavy atom. The molecule has 0 aliphatic rings. The average Bonchev–Trinajstić information content (AvgIpc) is 2.66. The van der Waals surface area contributed by atoms with Crippen LogP contribution >= 0.6 is 0 Å². The first kappa shape index (κ1) is 19.8. The lowest BCUT2D eigenvalue weighted by molar-refractivity contribution is -0.384. The van der Waals surface area contributed by atoms with Crippen LogP contribution in [0.4, 0.5) is 11.4 Å². The number of nitrogens with one attached hydrogen (secondary N) is 1. The molecule has 7 nitrogen and oxygen atoms in total. The minimum absolute atomic E-state index is 0.0333. The molecule has 140 valence electrons. The summed E-state index contributed by atoms with van der Waals surface area (Å²) in [4.78, 5) is 33.9. The van der Waals surface area contributed by atoms with Gasteiger partial charge in [-0.2, -0.15) is 0 Å². The molecule has 2 aromatic carbocycles. The second-order valence-corrected chi connectivity index (χ2v) is 5.80. The maximum absolute atomic E-state index is 12.0. The molecule has 0 aromatic heterocycles. The zero-order valence-electron chi connectivity index (χ0n) is 15.1. The number of nitrogens with zero attached hydrogens (tertiary/aromatic N) is 1. The number of ether oxygens (including phenoxy) is 1. The number of anilines is 1. The molecule has 7 heteroatoms. The van der Waals surface area contributed by atoms with Crippen LogP contribution < -0.4 is 5.32 Å². The highest BCUT2D eigenvalue weighted by molar-refractivity contribution is 5.95. The summed E-state index contributed by atoms with van der Waals surface area (Å²) in [6.45, 7) is 3.49. The number of hydrogen-bond acceptors (Lipinski definition) is 5. The smallest absolute Gasteiger partial charge is 0.331 e. The summed E-state index contributed by atoms with van der Waals surface area (Å²) in [7, 11) is 0. The van der Waals surface area contributed by atoms with Gasteiger partial charge in [-0.05, 0) is 48.2 Å². The number of amides is 1. The quantitative estimate of drug-likeness (QED) is 0.348. The van der Waals surface area contributed by atoms with Crippen LogP contribution in [0.3, 0.4) is 0 Å². The van der Waals surface area contributed by atoms with Crippen LogP contribution in [0.15, 0.2) is 48.5 Å². The van der Waals surface area contributed by atoms with E-state index in [0.717, 1.165) is 23.2 Å². The summed E-state index contributed by atoms with van der Waals surface area (Å²) in [6.07, 6.45) is 3.40. The maximum Gasteiger partial charge on any atom is 0.331 e. The Hall–Kier alpha value is -3.48. The van der Waals surface area contributed by atoms with Crippen molar-refractivity contribution < 1.29 is 19.2 Å². The fourth-order valence-electron chi connectivity index (χ4n) is 2.43. The number of aryl methyl sites for hydroxylation is 2. The van der Waals surface area contributed by atoms with Crippen LogP contribution in [0.5, 0.6) is 0 Å². The van der Waals surface area contributed by atoms with Gasteiger partial charge >= 0.3 is 5.97 Å². The van der Waals surface area contributed by atoms with Crippen molar-refractivity contribution in [3.8, 4) is 0 Å². The van der Waals surface area contributed by atoms with E-state index in [9.17, 15) is 19.7 Å². The van der Waals surface area contributed by atoms with E-state index in [0.29, 0.717) is 5.56 Å². The summed E-state index contributed by atoms with van der Waals surface area (Å²) in [5, 5.41) is 13.4. The molecule has 2 rings (SSSR count). The SMILES string of the molecule is CCc1cccc(C)c1NC(=O)COC(=O)C=Cc1ccc([N+](=O)[O-])cc1. The number of hydrogen-bond donors (Lipinski definition) is 1. The molecule has 0 unspecified atom stereocenters. The first-order valence-corrected chi connectivity index (χ1v) is 8.38. The summed E-state index contributed by atoms with van der Waals surface area (Å²) in [6, 6.07) is 11.5. The molecular formula is C20H20N2O5. The normalized spacial score (nSPS) is 10.6. The van der Waals surface area contributed by atoms with Crippen molar-refractivity contribution in [1.82, 2.24) is 0 Å². The number of esters is 1. The van der Waals surface area contributed by atoms with E-state index in [-0.39, 0.29) is 5.69 Å². The topological polar surface area (TPSA) is 98.5 Å². The van der Waals surface area contributed by atoms with Crippen LogP contribution in [-0.4, -0.2) is 23.4 Å². The third kappa shape index (κ3) is 5.78. The van der Waals surface area contributed by atoms with Gasteiger partial charge in [-0.25, -0.2) is 4.79 Å². The van der Waals surface area contributed by atoms with E-state index in [2.05, 4.69) is 5.32 Å². The molecule has 0 saturated carbocycles. The summed E-state index contributed by atoms with van der Waals surface area (Å²) >= 11 is 0. The van der Waals surface area contributed by atoms with Gasteiger partial charge in [0.2, 0.25) is 0 Å². The first-order chi connectivity index (χ1) is 12.9. The number of carbonyl (C=O) groups excluding carboxylic acids is 2. The van der Waals surface area contributed by atoms with E-state index in [1.54, 1.807) is 0 Å². The number of benzene rings is 2. The Morgan fingerprint density at radius 1 is 1.19 bits per heavy atom. The summed E-state index contributed by atoms with van der Waals surface area (Å²) in [5.41, 5.74) is 3.26. The maximum atomic E-state index is 12.0. The molecule has 0 heterocycles. The van der Waals surface area contributed by atoms with Gasteiger partial charge in [-0.1, -0.05) is 25.1 Å². The molecule has 0 bridgehead atoms. The van der Waals surface area contributed by atoms with Crippen molar-refractivity contribution in [3.05, 3.63) is 75.3 Å². The van der Waals surface area contributed by atoms with Gasteiger partial charge in [-0.15, -0.1) is 0 Å². The standard InChI is InChI=1S/C20H20N2O5/c1-3-16-6-4-5-14(2)20(16)21-18(23)13-27-19(24)12-9-15-7-10-17(11-8-15)22(25)26/h4-12H,3,13H2,1-2H3,(H,21,23). The lowest BCUT2D eigenvalue weighted by atomic mass is 10.1. The van der Waals surface area contributed by atoms with E-state index in [1.165, 1.54) is 36.4 Å². The number of carbonyl (C=O) groups is 2.